The lowest BCUT2D eigenvalue weighted by atomic mass is 9.80. The van der Waals surface area contributed by atoms with Gasteiger partial charge in [-0.25, -0.2) is 0 Å². The first kappa shape index (κ1) is 45.7. The number of hydrogen-bond acceptors (Lipinski definition) is 9. The van der Waals surface area contributed by atoms with Gasteiger partial charge in [0.1, 0.15) is 11.5 Å². The third kappa shape index (κ3) is 12.7. The number of benzene rings is 2. The summed E-state index contributed by atoms with van der Waals surface area (Å²) < 4.78 is 17.8. The summed E-state index contributed by atoms with van der Waals surface area (Å²) in [6, 6.07) is 21.0. The van der Waals surface area contributed by atoms with Crippen molar-refractivity contribution in [2.75, 3.05) is 32.8 Å². The number of likely N-dealkylation sites (tertiary alicyclic amines) is 2. The lowest BCUT2D eigenvalue weighted by Crippen LogP contribution is -2.36. The third-order valence-electron chi connectivity index (χ3n) is 14.3. The minimum Gasteiger partial charge on any atom is -0.490 e. The zero-order valence-electron chi connectivity index (χ0n) is 38.1. The molecule has 0 radical (unpaired) electrons. The van der Waals surface area contributed by atoms with Gasteiger partial charge in [-0.2, -0.15) is 0 Å². The summed E-state index contributed by atoms with van der Waals surface area (Å²) in [7, 11) is 0. The summed E-state index contributed by atoms with van der Waals surface area (Å²) in [5.74, 6) is 4.31. The van der Waals surface area contributed by atoms with Gasteiger partial charge in [0.15, 0.2) is 0 Å². The maximum Gasteiger partial charge on any atom is 0.309 e. The number of ether oxygens (including phenoxy) is 3. The van der Waals surface area contributed by atoms with Gasteiger partial charge in [0.05, 0.1) is 53.1 Å². The topological polar surface area (TPSA) is 114 Å². The highest BCUT2D eigenvalue weighted by atomic mass is 16.5. The van der Waals surface area contributed by atoms with Crippen LogP contribution in [0.25, 0.3) is 21.8 Å². The molecule has 2 aromatic carbocycles. The molecule has 4 aromatic rings. The molecule has 4 aliphatic rings. The van der Waals surface area contributed by atoms with Crippen LogP contribution < -0.4 is 9.47 Å². The van der Waals surface area contributed by atoms with Crippen LogP contribution in [0.4, 0.5) is 0 Å². The number of carbonyl (C=O) groups is 2. The fraction of sp³-hybridized carbons (Fsp3) is 0.615. The zero-order valence-corrected chi connectivity index (χ0v) is 38.1. The summed E-state index contributed by atoms with van der Waals surface area (Å²) in [5, 5.41) is 11.4. The van der Waals surface area contributed by atoms with Crippen LogP contribution in [0.2, 0.25) is 0 Å². The van der Waals surface area contributed by atoms with Crippen LogP contribution in [0, 0.1) is 35.5 Å². The Kier molecular flexibility index (Phi) is 16.1. The molecule has 0 amide bonds. The lowest BCUT2D eigenvalue weighted by Gasteiger charge is -2.31. The van der Waals surface area contributed by atoms with Crippen molar-refractivity contribution in [2.45, 2.75) is 137 Å². The predicted molar refractivity (Wildman–Crippen MR) is 246 cm³/mol. The number of piperidine rings is 2. The Bertz CT molecular complexity index is 2060. The Morgan fingerprint density at radius 2 is 1.02 bits per heavy atom. The highest BCUT2D eigenvalue weighted by Crippen LogP contribution is 2.34. The van der Waals surface area contributed by atoms with E-state index in [2.05, 4.69) is 92.1 Å². The van der Waals surface area contributed by atoms with Crippen molar-refractivity contribution in [1.82, 2.24) is 19.8 Å². The average Bonchev–Trinajstić information content (AvgIpc) is 3.27. The Morgan fingerprint density at radius 3 is 1.40 bits per heavy atom. The van der Waals surface area contributed by atoms with Crippen LogP contribution in [0.3, 0.4) is 0 Å². The minimum absolute atomic E-state index is 0.0398. The van der Waals surface area contributed by atoms with E-state index in [0.29, 0.717) is 18.8 Å². The minimum atomic E-state index is -0.663. The van der Waals surface area contributed by atoms with Crippen molar-refractivity contribution in [1.29, 1.82) is 0 Å². The summed E-state index contributed by atoms with van der Waals surface area (Å²) >= 11 is 0. The average molecular weight is 849 g/mol. The maximum absolute atomic E-state index is 11.9. The molecule has 0 bridgehead atoms. The molecule has 2 aliphatic heterocycles. The van der Waals surface area contributed by atoms with E-state index >= 15 is 0 Å². The quantitative estimate of drug-likeness (QED) is 0.130. The number of pyridine rings is 2. The molecule has 336 valence electrons. The molecule has 10 heteroatoms. The molecule has 10 nitrogen and oxygen atoms in total. The molecule has 62 heavy (non-hydrogen) atoms. The highest BCUT2D eigenvalue weighted by molar-refractivity contribution is 5.81. The number of hydrogen-bond donors (Lipinski definition) is 1. The predicted octanol–water partition coefficient (Wildman–Crippen LogP) is 10.7. The molecule has 2 aliphatic carbocycles. The van der Waals surface area contributed by atoms with Crippen molar-refractivity contribution in [3.8, 4) is 11.5 Å². The van der Waals surface area contributed by atoms with E-state index in [4.69, 9.17) is 29.3 Å². The van der Waals surface area contributed by atoms with Crippen molar-refractivity contribution in [2.24, 2.45) is 35.5 Å². The van der Waals surface area contributed by atoms with Crippen LogP contribution >= 0.6 is 0 Å². The first-order chi connectivity index (χ1) is 30.0. The van der Waals surface area contributed by atoms with Crippen LogP contribution in [-0.2, 0) is 27.4 Å². The van der Waals surface area contributed by atoms with Gasteiger partial charge in [-0.1, -0.05) is 39.8 Å². The largest absolute Gasteiger partial charge is 0.490 e. The van der Waals surface area contributed by atoms with Crippen LogP contribution in [-0.4, -0.2) is 81.8 Å². The number of nitrogens with zero attached hydrogens (tertiary/aromatic N) is 4. The molecule has 2 aromatic heterocycles. The number of carboxylic acids is 1. The van der Waals surface area contributed by atoms with E-state index < -0.39 is 5.97 Å². The number of rotatable bonds is 13. The normalized spacial score (nSPS) is 23.3. The van der Waals surface area contributed by atoms with Crippen molar-refractivity contribution < 1.29 is 28.9 Å². The van der Waals surface area contributed by atoms with Crippen molar-refractivity contribution >= 4 is 33.7 Å². The second-order valence-corrected chi connectivity index (χ2v) is 19.3. The second kappa shape index (κ2) is 21.9. The number of esters is 1. The maximum atomic E-state index is 11.9. The summed E-state index contributed by atoms with van der Waals surface area (Å²) in [6.07, 6.45) is 13.6. The Labute approximate surface area is 370 Å². The molecule has 8 rings (SSSR count). The lowest BCUT2D eigenvalue weighted by molar-refractivity contribution is -0.149. The molecular weight excluding hydrogens is 777 g/mol. The molecule has 2 saturated heterocycles. The monoisotopic (exact) mass is 849 g/mol. The van der Waals surface area contributed by atoms with E-state index in [1.165, 1.54) is 25.7 Å². The second-order valence-electron chi connectivity index (χ2n) is 19.3. The molecule has 0 atom stereocenters. The number of fused-ring (bicyclic) bond motifs is 2. The van der Waals surface area contributed by atoms with Gasteiger partial charge < -0.3 is 19.3 Å². The van der Waals surface area contributed by atoms with Gasteiger partial charge in [0, 0.05) is 23.9 Å². The third-order valence-corrected chi connectivity index (χ3v) is 14.3. The molecule has 1 N–H and O–H groups in total. The van der Waals surface area contributed by atoms with Gasteiger partial charge in [-0.15, -0.1) is 0 Å². The standard InChI is InChI=1S/C27H38N2O3.C25H34N2O3/c1-4-31-27(30)21-13-15-29(16-14-21)18-23-8-5-22-17-25(11-12-26(22)28-23)32-24-9-6-20(7-10-24)19(2)3;1-17(2)18-4-7-22(8-5-18)30-23-9-10-24-20(15-23)3-6-21(26-24)16-27-13-11-19(12-14-27)25(28)29/h5,8,11-12,17,19-21,24H,4,6-7,9-10,13-16,18H2,1-3H3;3,6,9-10,15,17-19,22H,4-5,7-8,11-14,16H2,1-2H3,(H,28,29). The first-order valence-corrected chi connectivity index (χ1v) is 24.0. The van der Waals surface area contributed by atoms with Gasteiger partial charge in [0.25, 0.3) is 0 Å². The fourth-order valence-electron chi connectivity index (χ4n) is 10.1. The first-order valence-electron chi connectivity index (χ1n) is 24.0. The molecule has 4 heterocycles. The van der Waals surface area contributed by atoms with Gasteiger partial charge in [0.2, 0.25) is 0 Å². The molecule has 2 saturated carbocycles. The van der Waals surface area contributed by atoms with Gasteiger partial charge in [-0.05, 0) is 182 Å². The van der Waals surface area contributed by atoms with Gasteiger partial charge in [-0.3, -0.25) is 29.4 Å². The Morgan fingerprint density at radius 1 is 0.597 bits per heavy atom. The molecule has 0 spiro atoms. The van der Waals surface area contributed by atoms with Crippen molar-refractivity contribution in [3.05, 3.63) is 72.1 Å². The molecular formula is C52H72N4O6. The number of carbonyl (C=O) groups excluding carboxylic acids is 1. The number of aromatic nitrogens is 2. The Hall–Kier alpha value is -4.28. The number of carboxylic acid groups (broad SMARTS) is 1. The van der Waals surface area contributed by atoms with E-state index in [-0.39, 0.29) is 17.8 Å². The van der Waals surface area contributed by atoms with Crippen molar-refractivity contribution in [3.63, 3.8) is 0 Å². The van der Waals surface area contributed by atoms with E-state index in [1.807, 2.05) is 13.0 Å². The SMILES string of the molecule is CC(C)C1CCC(Oc2ccc3nc(CN4CCC(C(=O)O)CC4)ccc3c2)CC1.CCOC(=O)C1CCN(Cc2ccc3cc(OC4CCC(C(C)C)CC4)ccc3n2)CC1. The molecule has 0 unspecified atom stereocenters. The summed E-state index contributed by atoms with van der Waals surface area (Å²) in [6.45, 7) is 16.7. The van der Waals surface area contributed by atoms with Gasteiger partial charge >= 0.3 is 11.9 Å². The fourth-order valence-corrected chi connectivity index (χ4v) is 10.1. The zero-order chi connectivity index (χ0) is 43.6. The Balaban J connectivity index is 0.000000187. The smallest absolute Gasteiger partial charge is 0.309 e. The van der Waals surface area contributed by atoms with E-state index in [0.717, 1.165) is 159 Å². The highest BCUT2D eigenvalue weighted by Gasteiger charge is 2.28. The summed E-state index contributed by atoms with van der Waals surface area (Å²) in [4.78, 5) is 37.5. The summed E-state index contributed by atoms with van der Waals surface area (Å²) in [5.41, 5.74) is 4.12. The van der Waals surface area contributed by atoms with Crippen LogP contribution in [0.5, 0.6) is 11.5 Å². The van der Waals surface area contributed by atoms with Crippen LogP contribution in [0.1, 0.15) is 123 Å². The number of aliphatic carboxylic acids is 1. The van der Waals surface area contributed by atoms with Crippen LogP contribution in [0.15, 0.2) is 60.7 Å². The van der Waals surface area contributed by atoms with E-state index in [9.17, 15) is 9.59 Å². The molecule has 4 fully saturated rings. The van der Waals surface area contributed by atoms with E-state index in [1.54, 1.807) is 0 Å².